The van der Waals surface area contributed by atoms with E-state index in [2.05, 4.69) is 15.9 Å². The summed E-state index contributed by atoms with van der Waals surface area (Å²) in [6, 6.07) is 11.6. The van der Waals surface area contributed by atoms with Crippen molar-refractivity contribution in [1.82, 2.24) is 0 Å². The normalized spacial score (nSPS) is 12.0. The van der Waals surface area contributed by atoms with Crippen LogP contribution in [0.5, 0.6) is 11.5 Å². The van der Waals surface area contributed by atoms with E-state index in [0.29, 0.717) is 6.61 Å². The maximum atomic E-state index is 9.57. The van der Waals surface area contributed by atoms with Crippen LogP contribution in [0.15, 0.2) is 40.9 Å². The lowest BCUT2D eigenvalue weighted by atomic mass is 10.1. The van der Waals surface area contributed by atoms with Gasteiger partial charge in [-0.05, 0) is 70.7 Å². The van der Waals surface area contributed by atoms with E-state index in [9.17, 15) is 5.11 Å². The van der Waals surface area contributed by atoms with E-state index in [1.807, 2.05) is 43.3 Å². The third-order valence-corrected chi connectivity index (χ3v) is 3.91. The van der Waals surface area contributed by atoms with Gasteiger partial charge >= 0.3 is 0 Å². The van der Waals surface area contributed by atoms with E-state index >= 15 is 0 Å². The summed E-state index contributed by atoms with van der Waals surface area (Å²) < 4.78 is 12.0. The molecule has 0 aliphatic carbocycles. The summed E-state index contributed by atoms with van der Waals surface area (Å²) in [6.07, 6.45) is -0.463. The first-order valence-corrected chi connectivity index (χ1v) is 7.54. The first-order valence-electron chi connectivity index (χ1n) is 6.75. The van der Waals surface area contributed by atoms with Gasteiger partial charge in [-0.2, -0.15) is 0 Å². The van der Waals surface area contributed by atoms with Crippen molar-refractivity contribution >= 4 is 15.9 Å². The van der Waals surface area contributed by atoms with Gasteiger partial charge in [0.05, 0.1) is 17.7 Å². The summed E-state index contributed by atoms with van der Waals surface area (Å²) in [5.74, 6) is 1.63. The minimum absolute atomic E-state index is 0.463. The van der Waals surface area contributed by atoms with Crippen LogP contribution in [-0.4, -0.2) is 12.2 Å². The van der Waals surface area contributed by atoms with Crippen LogP contribution >= 0.6 is 15.9 Å². The zero-order valence-corrected chi connectivity index (χ0v) is 14.0. The molecule has 0 aliphatic rings. The number of halogens is 1. The SMILES string of the molecule is COc1ccc(COc2ccc([C@H](C)O)cc2C)cc1Br. The van der Waals surface area contributed by atoms with Crippen molar-refractivity contribution < 1.29 is 14.6 Å². The second-order valence-corrected chi connectivity index (χ2v) is 5.81. The molecule has 21 heavy (non-hydrogen) atoms. The Bertz CT molecular complexity index is 623. The molecule has 2 aromatic carbocycles. The fourth-order valence-corrected chi connectivity index (χ4v) is 2.64. The van der Waals surface area contributed by atoms with Gasteiger partial charge in [0.25, 0.3) is 0 Å². The van der Waals surface area contributed by atoms with Crippen molar-refractivity contribution in [3.63, 3.8) is 0 Å². The molecule has 4 heteroatoms. The zero-order valence-electron chi connectivity index (χ0n) is 12.4. The average molecular weight is 351 g/mol. The molecule has 0 radical (unpaired) electrons. The van der Waals surface area contributed by atoms with Crippen LogP contribution in [0.2, 0.25) is 0 Å². The maximum absolute atomic E-state index is 9.57. The highest BCUT2D eigenvalue weighted by molar-refractivity contribution is 9.10. The fraction of sp³-hybridized carbons (Fsp3) is 0.294. The third kappa shape index (κ3) is 3.99. The molecule has 0 aromatic heterocycles. The van der Waals surface area contributed by atoms with Crippen LogP contribution in [0.1, 0.15) is 29.7 Å². The van der Waals surface area contributed by atoms with E-state index in [4.69, 9.17) is 9.47 Å². The second-order valence-electron chi connectivity index (χ2n) is 4.96. The van der Waals surface area contributed by atoms with Crippen molar-refractivity contribution in [2.45, 2.75) is 26.6 Å². The molecule has 0 amide bonds. The molecule has 0 saturated heterocycles. The van der Waals surface area contributed by atoms with Crippen molar-refractivity contribution in [3.8, 4) is 11.5 Å². The Hall–Kier alpha value is -1.52. The Morgan fingerprint density at radius 2 is 1.86 bits per heavy atom. The second kappa shape index (κ2) is 6.96. The van der Waals surface area contributed by atoms with Crippen molar-refractivity contribution in [1.29, 1.82) is 0 Å². The van der Waals surface area contributed by atoms with E-state index in [-0.39, 0.29) is 0 Å². The molecular formula is C17H19BrO3. The first kappa shape index (κ1) is 15.9. The Morgan fingerprint density at radius 1 is 1.14 bits per heavy atom. The number of hydrogen-bond acceptors (Lipinski definition) is 3. The molecule has 3 nitrogen and oxygen atoms in total. The largest absolute Gasteiger partial charge is 0.496 e. The highest BCUT2D eigenvalue weighted by atomic mass is 79.9. The summed E-state index contributed by atoms with van der Waals surface area (Å²) >= 11 is 3.47. The summed E-state index contributed by atoms with van der Waals surface area (Å²) in [6.45, 7) is 4.22. The Morgan fingerprint density at radius 3 is 2.43 bits per heavy atom. The number of hydrogen-bond donors (Lipinski definition) is 1. The quantitative estimate of drug-likeness (QED) is 0.868. The number of methoxy groups -OCH3 is 1. The van der Waals surface area contributed by atoms with Crippen LogP contribution in [0.4, 0.5) is 0 Å². The number of aliphatic hydroxyl groups excluding tert-OH is 1. The Kier molecular flexibility index (Phi) is 5.26. The smallest absolute Gasteiger partial charge is 0.133 e. The van der Waals surface area contributed by atoms with E-state index in [1.165, 1.54) is 0 Å². The monoisotopic (exact) mass is 350 g/mol. The molecule has 0 heterocycles. The van der Waals surface area contributed by atoms with Gasteiger partial charge in [-0.25, -0.2) is 0 Å². The van der Waals surface area contributed by atoms with Gasteiger partial charge in [0.2, 0.25) is 0 Å². The van der Waals surface area contributed by atoms with Gasteiger partial charge in [-0.15, -0.1) is 0 Å². The Balaban J connectivity index is 2.08. The molecule has 2 aromatic rings. The molecule has 0 unspecified atom stereocenters. The van der Waals surface area contributed by atoms with Gasteiger partial charge in [0, 0.05) is 0 Å². The molecule has 1 atom stereocenters. The molecule has 2 rings (SSSR count). The topological polar surface area (TPSA) is 38.7 Å². The molecule has 1 N–H and O–H groups in total. The van der Waals surface area contributed by atoms with Crippen molar-refractivity contribution in [2.24, 2.45) is 0 Å². The summed E-state index contributed by atoms with van der Waals surface area (Å²) in [5, 5.41) is 9.57. The van der Waals surface area contributed by atoms with Gasteiger partial charge in [-0.3, -0.25) is 0 Å². The molecule has 0 spiro atoms. The highest BCUT2D eigenvalue weighted by Crippen LogP contribution is 2.27. The van der Waals surface area contributed by atoms with Crippen LogP contribution < -0.4 is 9.47 Å². The molecule has 0 aliphatic heterocycles. The van der Waals surface area contributed by atoms with Gasteiger partial charge in [0.15, 0.2) is 0 Å². The number of rotatable bonds is 5. The number of ether oxygens (including phenoxy) is 2. The lowest BCUT2D eigenvalue weighted by Crippen LogP contribution is -1.99. The standard InChI is InChI=1S/C17H19BrO3/c1-11-8-14(12(2)19)5-7-16(11)21-10-13-4-6-17(20-3)15(18)9-13/h4-9,12,19H,10H2,1-3H3/t12-/m0/s1. The van der Waals surface area contributed by atoms with E-state index in [1.54, 1.807) is 14.0 Å². The van der Waals surface area contributed by atoms with Crippen molar-refractivity contribution in [2.75, 3.05) is 7.11 Å². The summed E-state index contributed by atoms with van der Waals surface area (Å²) in [5.41, 5.74) is 2.97. The minimum atomic E-state index is -0.463. The van der Waals surface area contributed by atoms with Gasteiger partial charge in [0.1, 0.15) is 18.1 Å². The lowest BCUT2D eigenvalue weighted by molar-refractivity contribution is 0.199. The summed E-state index contributed by atoms with van der Waals surface area (Å²) in [7, 11) is 1.64. The predicted octanol–water partition coefficient (Wildman–Crippen LogP) is 4.40. The van der Waals surface area contributed by atoms with Crippen molar-refractivity contribution in [3.05, 3.63) is 57.6 Å². The van der Waals surface area contributed by atoms with Crippen LogP contribution in [0, 0.1) is 6.92 Å². The van der Waals surface area contributed by atoms with E-state index in [0.717, 1.165) is 32.7 Å². The molecule has 0 bridgehead atoms. The van der Waals surface area contributed by atoms with Gasteiger partial charge in [-0.1, -0.05) is 12.1 Å². The van der Waals surface area contributed by atoms with Crippen LogP contribution in [0.25, 0.3) is 0 Å². The predicted molar refractivity (Wildman–Crippen MR) is 86.8 cm³/mol. The number of aryl methyl sites for hydroxylation is 1. The van der Waals surface area contributed by atoms with Gasteiger partial charge < -0.3 is 14.6 Å². The first-order chi connectivity index (χ1) is 10.0. The highest BCUT2D eigenvalue weighted by Gasteiger charge is 2.06. The molecular weight excluding hydrogens is 332 g/mol. The molecule has 0 saturated carbocycles. The molecule has 0 fully saturated rings. The molecule has 112 valence electrons. The maximum Gasteiger partial charge on any atom is 0.133 e. The zero-order chi connectivity index (χ0) is 15.4. The van der Waals surface area contributed by atoms with E-state index < -0.39 is 6.10 Å². The van der Waals surface area contributed by atoms with Crippen LogP contribution in [0.3, 0.4) is 0 Å². The lowest BCUT2D eigenvalue weighted by Gasteiger charge is -2.12. The third-order valence-electron chi connectivity index (χ3n) is 3.29. The number of benzene rings is 2. The minimum Gasteiger partial charge on any atom is -0.496 e. The average Bonchev–Trinajstić information content (AvgIpc) is 2.46. The number of aliphatic hydroxyl groups is 1. The Labute approximate surface area is 133 Å². The fourth-order valence-electron chi connectivity index (χ4n) is 2.06. The van der Waals surface area contributed by atoms with Crippen LogP contribution in [-0.2, 0) is 6.61 Å². The summed E-state index contributed by atoms with van der Waals surface area (Å²) in [4.78, 5) is 0.